The fourth-order valence-electron chi connectivity index (χ4n) is 4.69. The molecule has 1 N–H and O–H groups in total. The number of aromatic amines is 1. The second-order valence-corrected chi connectivity index (χ2v) is 8.11. The van der Waals surface area contributed by atoms with Gasteiger partial charge in [-0.3, -0.25) is 9.69 Å². The average molecular weight is 389 g/mol. The van der Waals surface area contributed by atoms with Gasteiger partial charge in [0.25, 0.3) is 0 Å². The van der Waals surface area contributed by atoms with Crippen LogP contribution in [0.5, 0.6) is 0 Å². The van der Waals surface area contributed by atoms with Gasteiger partial charge in [-0.15, -0.1) is 0 Å². The standard InChI is InChI=1S/C24H27N3O2/c1-17-7-8-21-20(15-17)19-9-10-27(22(28)16-26-11-13-29-14-12-26)24(23(19)25-21)18-5-3-2-4-6-18/h2-8,15,24-25H,9-14,16H2,1H3. The maximum atomic E-state index is 13.4. The van der Waals surface area contributed by atoms with Crippen LogP contribution in [-0.4, -0.2) is 60.1 Å². The van der Waals surface area contributed by atoms with Crippen molar-refractivity contribution in [3.63, 3.8) is 0 Å². The summed E-state index contributed by atoms with van der Waals surface area (Å²) in [6.45, 7) is 6.41. The third-order valence-electron chi connectivity index (χ3n) is 6.18. The van der Waals surface area contributed by atoms with E-state index in [1.54, 1.807) is 0 Å². The maximum Gasteiger partial charge on any atom is 0.237 e. The predicted molar refractivity (Wildman–Crippen MR) is 114 cm³/mol. The lowest BCUT2D eigenvalue weighted by atomic mass is 9.92. The van der Waals surface area contributed by atoms with Crippen molar-refractivity contribution >= 4 is 16.8 Å². The van der Waals surface area contributed by atoms with E-state index in [0.29, 0.717) is 19.8 Å². The first-order valence-electron chi connectivity index (χ1n) is 10.5. The lowest BCUT2D eigenvalue weighted by molar-refractivity contribution is -0.135. The Balaban J connectivity index is 1.54. The molecule has 2 aliphatic heterocycles. The minimum Gasteiger partial charge on any atom is -0.379 e. The molecule has 5 rings (SSSR count). The molecule has 1 unspecified atom stereocenters. The van der Waals surface area contributed by atoms with E-state index in [2.05, 4.69) is 64.2 Å². The van der Waals surface area contributed by atoms with Crippen LogP contribution in [-0.2, 0) is 16.0 Å². The van der Waals surface area contributed by atoms with Gasteiger partial charge in [-0.25, -0.2) is 0 Å². The van der Waals surface area contributed by atoms with Crippen LogP contribution < -0.4 is 0 Å². The van der Waals surface area contributed by atoms with Gasteiger partial charge < -0.3 is 14.6 Å². The summed E-state index contributed by atoms with van der Waals surface area (Å²) in [5.74, 6) is 0.196. The fraction of sp³-hybridized carbons (Fsp3) is 0.375. The highest BCUT2D eigenvalue weighted by Gasteiger charge is 2.35. The Morgan fingerprint density at radius 2 is 1.90 bits per heavy atom. The Morgan fingerprint density at radius 1 is 1.10 bits per heavy atom. The molecule has 2 aromatic carbocycles. The number of morpholine rings is 1. The first kappa shape index (κ1) is 18.4. The van der Waals surface area contributed by atoms with E-state index >= 15 is 0 Å². The molecule has 150 valence electrons. The van der Waals surface area contributed by atoms with Crippen molar-refractivity contribution < 1.29 is 9.53 Å². The predicted octanol–water partition coefficient (Wildman–Crippen LogP) is 3.28. The largest absolute Gasteiger partial charge is 0.379 e. The number of carbonyl (C=O) groups excluding carboxylic acids is 1. The Kier molecular flexibility index (Phi) is 4.86. The summed E-state index contributed by atoms with van der Waals surface area (Å²) >= 11 is 0. The number of hydrogen-bond donors (Lipinski definition) is 1. The van der Waals surface area contributed by atoms with E-state index in [0.717, 1.165) is 37.1 Å². The van der Waals surface area contributed by atoms with Crippen molar-refractivity contribution in [1.82, 2.24) is 14.8 Å². The smallest absolute Gasteiger partial charge is 0.237 e. The van der Waals surface area contributed by atoms with E-state index in [4.69, 9.17) is 4.74 Å². The molecule has 5 nitrogen and oxygen atoms in total. The number of hydrogen-bond acceptors (Lipinski definition) is 3. The number of rotatable bonds is 3. The molecule has 0 spiro atoms. The zero-order valence-corrected chi connectivity index (χ0v) is 16.9. The molecule has 1 saturated heterocycles. The first-order valence-corrected chi connectivity index (χ1v) is 10.5. The second-order valence-electron chi connectivity index (χ2n) is 8.11. The van der Waals surface area contributed by atoms with Crippen LogP contribution in [0.2, 0.25) is 0 Å². The number of ether oxygens (including phenoxy) is 1. The molecule has 1 amide bonds. The Hall–Kier alpha value is -2.63. The number of fused-ring (bicyclic) bond motifs is 3. The molecule has 0 aliphatic carbocycles. The molecule has 0 radical (unpaired) electrons. The SMILES string of the molecule is Cc1ccc2[nH]c3c(c2c1)CCN(C(=O)CN1CCOCC1)C3c1ccccc1. The van der Waals surface area contributed by atoms with Crippen LogP contribution in [0.1, 0.15) is 28.4 Å². The van der Waals surface area contributed by atoms with Crippen LogP contribution in [0.4, 0.5) is 0 Å². The quantitative estimate of drug-likeness (QED) is 0.748. The molecule has 2 aliphatic rings. The molecule has 0 bridgehead atoms. The van der Waals surface area contributed by atoms with Gasteiger partial charge >= 0.3 is 0 Å². The van der Waals surface area contributed by atoms with Crippen LogP contribution in [0.25, 0.3) is 10.9 Å². The highest BCUT2D eigenvalue weighted by atomic mass is 16.5. The third kappa shape index (κ3) is 3.45. The first-order chi connectivity index (χ1) is 14.2. The van der Waals surface area contributed by atoms with Crippen molar-refractivity contribution in [3.05, 3.63) is 70.9 Å². The number of nitrogens with one attached hydrogen (secondary N) is 1. The van der Waals surface area contributed by atoms with Crippen LogP contribution >= 0.6 is 0 Å². The zero-order chi connectivity index (χ0) is 19.8. The fourth-order valence-corrected chi connectivity index (χ4v) is 4.69. The highest BCUT2D eigenvalue weighted by Crippen LogP contribution is 2.38. The topological polar surface area (TPSA) is 48.6 Å². The minimum atomic E-state index is -0.0683. The van der Waals surface area contributed by atoms with E-state index in [1.807, 2.05) is 6.07 Å². The molecular formula is C24H27N3O2. The van der Waals surface area contributed by atoms with E-state index in [9.17, 15) is 4.79 Å². The molecule has 5 heteroatoms. The van der Waals surface area contributed by atoms with E-state index in [1.165, 1.54) is 22.2 Å². The van der Waals surface area contributed by atoms with Gasteiger partial charge in [0.05, 0.1) is 25.8 Å². The van der Waals surface area contributed by atoms with E-state index in [-0.39, 0.29) is 11.9 Å². The Bertz CT molecular complexity index is 1020. The summed E-state index contributed by atoms with van der Waals surface area (Å²) in [4.78, 5) is 21.3. The number of nitrogens with zero attached hydrogens (tertiary/aromatic N) is 2. The molecule has 29 heavy (non-hydrogen) atoms. The van der Waals surface area contributed by atoms with Crippen LogP contribution in [0.3, 0.4) is 0 Å². The third-order valence-corrected chi connectivity index (χ3v) is 6.18. The van der Waals surface area contributed by atoms with Crippen molar-refractivity contribution in [2.24, 2.45) is 0 Å². The summed E-state index contributed by atoms with van der Waals surface area (Å²) in [6, 6.07) is 16.9. The monoisotopic (exact) mass is 389 g/mol. The Morgan fingerprint density at radius 3 is 2.69 bits per heavy atom. The van der Waals surface area contributed by atoms with Gasteiger partial charge in [0.1, 0.15) is 0 Å². The van der Waals surface area contributed by atoms with Crippen molar-refractivity contribution in [1.29, 1.82) is 0 Å². The van der Waals surface area contributed by atoms with Crippen LogP contribution in [0, 0.1) is 6.92 Å². The number of aryl methyl sites for hydroxylation is 1. The van der Waals surface area contributed by atoms with Gasteiger partial charge in [-0.2, -0.15) is 0 Å². The number of H-pyrrole nitrogens is 1. The zero-order valence-electron chi connectivity index (χ0n) is 16.9. The molecule has 1 atom stereocenters. The van der Waals surface area contributed by atoms with Gasteiger partial charge in [0.2, 0.25) is 5.91 Å². The summed E-state index contributed by atoms with van der Waals surface area (Å²) in [5.41, 5.74) is 6.10. The summed E-state index contributed by atoms with van der Waals surface area (Å²) < 4.78 is 5.44. The molecule has 0 saturated carbocycles. The summed E-state index contributed by atoms with van der Waals surface area (Å²) in [6.07, 6.45) is 0.886. The van der Waals surface area contributed by atoms with Crippen molar-refractivity contribution in [2.45, 2.75) is 19.4 Å². The van der Waals surface area contributed by atoms with Gasteiger partial charge in [0, 0.05) is 36.2 Å². The number of benzene rings is 2. The number of aromatic nitrogens is 1. The maximum absolute atomic E-state index is 13.4. The van der Waals surface area contributed by atoms with Gasteiger partial charge in [0.15, 0.2) is 0 Å². The molecular weight excluding hydrogens is 362 g/mol. The number of amides is 1. The van der Waals surface area contributed by atoms with Gasteiger partial charge in [-0.1, -0.05) is 42.0 Å². The summed E-state index contributed by atoms with van der Waals surface area (Å²) in [7, 11) is 0. The highest BCUT2D eigenvalue weighted by molar-refractivity contribution is 5.87. The lowest BCUT2D eigenvalue weighted by Crippen LogP contribution is -2.48. The van der Waals surface area contributed by atoms with Crippen molar-refractivity contribution in [3.8, 4) is 0 Å². The number of carbonyl (C=O) groups is 1. The minimum absolute atomic E-state index is 0.0683. The molecule has 1 fully saturated rings. The average Bonchev–Trinajstić information content (AvgIpc) is 3.12. The van der Waals surface area contributed by atoms with Crippen molar-refractivity contribution in [2.75, 3.05) is 39.4 Å². The molecule has 1 aromatic heterocycles. The Labute approximate surface area is 171 Å². The molecule has 3 heterocycles. The second kappa shape index (κ2) is 7.65. The van der Waals surface area contributed by atoms with E-state index < -0.39 is 0 Å². The van der Waals surface area contributed by atoms with Gasteiger partial charge in [-0.05, 0) is 36.6 Å². The lowest BCUT2D eigenvalue weighted by Gasteiger charge is -2.38. The van der Waals surface area contributed by atoms with Crippen LogP contribution in [0.15, 0.2) is 48.5 Å². The summed E-state index contributed by atoms with van der Waals surface area (Å²) in [5, 5.41) is 1.29. The normalized spacial score (nSPS) is 20.0. The molecule has 3 aromatic rings.